The van der Waals surface area contributed by atoms with Gasteiger partial charge < -0.3 is 10.6 Å². The molecule has 8 heteroatoms. The predicted molar refractivity (Wildman–Crippen MR) is 91.1 cm³/mol. The van der Waals surface area contributed by atoms with E-state index in [0.29, 0.717) is 19.0 Å². The number of aryl methyl sites for hydroxylation is 1. The summed E-state index contributed by atoms with van der Waals surface area (Å²) in [6.45, 7) is 4.50. The molecule has 0 spiro atoms. The minimum Gasteiger partial charge on any atom is -0.357 e. The summed E-state index contributed by atoms with van der Waals surface area (Å²) in [6.07, 6.45) is 0.214. The summed E-state index contributed by atoms with van der Waals surface area (Å²) < 4.78 is 39.5. The van der Waals surface area contributed by atoms with Gasteiger partial charge in [-0.2, -0.15) is 18.3 Å². The second-order valence-corrected chi connectivity index (χ2v) is 5.44. The van der Waals surface area contributed by atoms with Crippen LogP contribution in [0.1, 0.15) is 24.5 Å². The number of halogens is 3. The number of aliphatic imine (C=N–C) groups is 1. The van der Waals surface area contributed by atoms with Crippen molar-refractivity contribution in [1.29, 1.82) is 0 Å². The van der Waals surface area contributed by atoms with Crippen molar-refractivity contribution in [3.05, 3.63) is 53.9 Å². The second-order valence-electron chi connectivity index (χ2n) is 5.44. The number of nitrogens with zero attached hydrogens (tertiary/aromatic N) is 3. The van der Waals surface area contributed by atoms with Crippen LogP contribution < -0.4 is 10.6 Å². The van der Waals surface area contributed by atoms with Crippen LogP contribution in [0.15, 0.2) is 47.7 Å². The minimum atomic E-state index is -4.31. The number of hydrogen-bond acceptors (Lipinski definition) is 2. The van der Waals surface area contributed by atoms with Crippen molar-refractivity contribution < 1.29 is 13.2 Å². The van der Waals surface area contributed by atoms with Gasteiger partial charge in [-0.1, -0.05) is 12.1 Å². The summed E-state index contributed by atoms with van der Waals surface area (Å²) in [5.74, 6) is 0.642. The lowest BCUT2D eigenvalue weighted by Crippen LogP contribution is -2.38. The largest absolute Gasteiger partial charge is 0.416 e. The summed E-state index contributed by atoms with van der Waals surface area (Å²) in [7, 11) is 0. The summed E-state index contributed by atoms with van der Waals surface area (Å²) in [6, 6.07) is 6.94. The number of guanidine groups is 1. The Morgan fingerprint density at radius 2 is 1.96 bits per heavy atom. The molecule has 1 aromatic heterocycles. The molecule has 0 aliphatic rings. The normalized spacial score (nSPS) is 12.2. The molecule has 0 atom stereocenters. The number of benzene rings is 1. The Morgan fingerprint density at radius 1 is 1.20 bits per heavy atom. The van der Waals surface area contributed by atoms with Crippen molar-refractivity contribution in [1.82, 2.24) is 20.4 Å². The maximum absolute atomic E-state index is 12.6. The van der Waals surface area contributed by atoms with Gasteiger partial charge >= 0.3 is 6.18 Å². The standard InChI is InChI=1S/C17H22F3N5/c1-2-21-16(22-9-3-11-25-12-4-10-24-25)23-13-14-5-7-15(8-6-14)17(18,19)20/h4-8,10,12H,2-3,9,11,13H2,1H3,(H2,21,22,23). The number of rotatable bonds is 7. The van der Waals surface area contributed by atoms with E-state index in [4.69, 9.17) is 0 Å². The Bertz CT molecular complexity index is 648. The van der Waals surface area contributed by atoms with E-state index in [9.17, 15) is 13.2 Å². The van der Waals surface area contributed by atoms with Gasteiger partial charge in [0.2, 0.25) is 0 Å². The second kappa shape index (κ2) is 9.10. The zero-order valence-corrected chi connectivity index (χ0v) is 14.1. The van der Waals surface area contributed by atoms with Crippen LogP contribution in [0.3, 0.4) is 0 Å². The van der Waals surface area contributed by atoms with Crippen LogP contribution >= 0.6 is 0 Å². The molecule has 25 heavy (non-hydrogen) atoms. The number of aromatic nitrogens is 2. The van der Waals surface area contributed by atoms with Crippen LogP contribution in [-0.2, 0) is 19.3 Å². The highest BCUT2D eigenvalue weighted by molar-refractivity contribution is 5.79. The number of nitrogens with one attached hydrogen (secondary N) is 2. The molecule has 0 bridgehead atoms. The van der Waals surface area contributed by atoms with Gasteiger partial charge in [-0.05, 0) is 37.1 Å². The van der Waals surface area contributed by atoms with E-state index in [0.717, 1.165) is 37.2 Å². The molecule has 0 amide bonds. The molecule has 0 unspecified atom stereocenters. The Balaban J connectivity index is 1.83. The van der Waals surface area contributed by atoms with Gasteiger partial charge in [-0.25, -0.2) is 4.99 Å². The molecule has 0 saturated carbocycles. The third-order valence-electron chi connectivity index (χ3n) is 3.46. The van der Waals surface area contributed by atoms with Crippen molar-refractivity contribution in [3.63, 3.8) is 0 Å². The topological polar surface area (TPSA) is 54.2 Å². The molecule has 136 valence electrons. The smallest absolute Gasteiger partial charge is 0.357 e. The zero-order chi connectivity index (χ0) is 18.1. The molecule has 2 N–H and O–H groups in total. The van der Waals surface area contributed by atoms with Gasteiger partial charge in [0, 0.05) is 32.0 Å². The van der Waals surface area contributed by atoms with Gasteiger partial charge in [0.1, 0.15) is 0 Å². The van der Waals surface area contributed by atoms with E-state index in [1.165, 1.54) is 12.1 Å². The fourth-order valence-electron chi connectivity index (χ4n) is 2.19. The van der Waals surface area contributed by atoms with Crippen LogP contribution in [0.5, 0.6) is 0 Å². The lowest BCUT2D eigenvalue weighted by Gasteiger charge is -2.11. The van der Waals surface area contributed by atoms with Gasteiger partial charge in [-0.15, -0.1) is 0 Å². The molecule has 2 rings (SSSR count). The van der Waals surface area contributed by atoms with E-state index in [2.05, 4.69) is 20.7 Å². The molecule has 1 aromatic carbocycles. The maximum atomic E-state index is 12.6. The SMILES string of the molecule is CCNC(=NCc1ccc(C(F)(F)F)cc1)NCCCn1cccn1. The van der Waals surface area contributed by atoms with Crippen molar-refractivity contribution in [2.45, 2.75) is 32.6 Å². The summed E-state index contributed by atoms with van der Waals surface area (Å²) >= 11 is 0. The highest BCUT2D eigenvalue weighted by atomic mass is 19.4. The highest BCUT2D eigenvalue weighted by Crippen LogP contribution is 2.29. The van der Waals surface area contributed by atoms with Gasteiger partial charge in [-0.3, -0.25) is 4.68 Å². The van der Waals surface area contributed by atoms with E-state index >= 15 is 0 Å². The predicted octanol–water partition coefficient (Wildman–Crippen LogP) is 3.05. The Labute approximate surface area is 145 Å². The van der Waals surface area contributed by atoms with E-state index in [-0.39, 0.29) is 0 Å². The molecule has 0 aliphatic carbocycles. The first-order chi connectivity index (χ1) is 12.0. The Hall–Kier alpha value is -2.51. The van der Waals surface area contributed by atoms with Gasteiger partial charge in [0.05, 0.1) is 12.1 Å². The van der Waals surface area contributed by atoms with Crippen molar-refractivity contribution in [3.8, 4) is 0 Å². The monoisotopic (exact) mass is 353 g/mol. The first-order valence-corrected chi connectivity index (χ1v) is 8.15. The van der Waals surface area contributed by atoms with E-state index < -0.39 is 11.7 Å². The van der Waals surface area contributed by atoms with E-state index in [1.54, 1.807) is 6.20 Å². The van der Waals surface area contributed by atoms with Crippen LogP contribution in [0.25, 0.3) is 0 Å². The maximum Gasteiger partial charge on any atom is 0.416 e. The third-order valence-corrected chi connectivity index (χ3v) is 3.46. The lowest BCUT2D eigenvalue weighted by atomic mass is 10.1. The zero-order valence-electron chi connectivity index (χ0n) is 14.1. The molecule has 0 saturated heterocycles. The average molecular weight is 353 g/mol. The van der Waals surface area contributed by atoms with Crippen LogP contribution in [-0.4, -0.2) is 28.8 Å². The van der Waals surface area contributed by atoms with Gasteiger partial charge in [0.25, 0.3) is 0 Å². The van der Waals surface area contributed by atoms with Crippen molar-refractivity contribution in [2.24, 2.45) is 4.99 Å². The van der Waals surface area contributed by atoms with Crippen molar-refractivity contribution in [2.75, 3.05) is 13.1 Å². The summed E-state index contributed by atoms with van der Waals surface area (Å²) in [4.78, 5) is 4.40. The first kappa shape index (κ1) is 18.8. The fraction of sp³-hybridized carbons (Fsp3) is 0.412. The number of hydrogen-bond donors (Lipinski definition) is 2. The summed E-state index contributed by atoms with van der Waals surface area (Å²) in [5.41, 5.74) is 0.0747. The molecule has 1 heterocycles. The third kappa shape index (κ3) is 6.48. The summed E-state index contributed by atoms with van der Waals surface area (Å²) in [5, 5.41) is 10.5. The molecule has 0 fully saturated rings. The average Bonchev–Trinajstić information content (AvgIpc) is 3.09. The molecule has 0 radical (unpaired) electrons. The van der Waals surface area contributed by atoms with E-state index in [1.807, 2.05) is 23.9 Å². The molecule has 0 aliphatic heterocycles. The quantitative estimate of drug-likeness (QED) is 0.457. The van der Waals surface area contributed by atoms with Crippen molar-refractivity contribution >= 4 is 5.96 Å². The highest BCUT2D eigenvalue weighted by Gasteiger charge is 2.29. The lowest BCUT2D eigenvalue weighted by molar-refractivity contribution is -0.137. The number of alkyl halides is 3. The Morgan fingerprint density at radius 3 is 2.56 bits per heavy atom. The molecule has 2 aromatic rings. The molecule has 5 nitrogen and oxygen atoms in total. The van der Waals surface area contributed by atoms with Crippen LogP contribution in [0.2, 0.25) is 0 Å². The van der Waals surface area contributed by atoms with Crippen LogP contribution in [0.4, 0.5) is 13.2 Å². The molecular weight excluding hydrogens is 331 g/mol. The minimum absolute atomic E-state index is 0.312. The molecular formula is C17H22F3N5. The Kier molecular flexibility index (Phi) is 6.85. The van der Waals surface area contributed by atoms with Gasteiger partial charge in [0.15, 0.2) is 5.96 Å². The van der Waals surface area contributed by atoms with Crippen LogP contribution in [0, 0.1) is 0 Å². The fourth-order valence-corrected chi connectivity index (χ4v) is 2.19. The first-order valence-electron chi connectivity index (χ1n) is 8.15.